The highest BCUT2D eigenvalue weighted by Gasteiger charge is 2.26. The minimum atomic E-state index is 0.368. The highest BCUT2D eigenvalue weighted by Crippen LogP contribution is 2.24. The summed E-state index contributed by atoms with van der Waals surface area (Å²) in [4.78, 5) is 0. The molecule has 2 nitrogen and oxygen atoms in total. The fraction of sp³-hybridized carbons (Fsp3) is 1.00. The molecule has 0 aliphatic heterocycles. The van der Waals surface area contributed by atoms with Crippen LogP contribution in [0.4, 0.5) is 0 Å². The maximum atomic E-state index is 6.25. The van der Waals surface area contributed by atoms with Gasteiger partial charge in [0.05, 0.1) is 12.2 Å². The summed E-state index contributed by atoms with van der Waals surface area (Å²) in [5.41, 5.74) is 0. The normalized spacial score (nSPS) is 19.9. The molecule has 0 N–H and O–H groups in total. The van der Waals surface area contributed by atoms with E-state index in [4.69, 9.17) is 9.47 Å². The fourth-order valence-corrected chi connectivity index (χ4v) is 4.39. The van der Waals surface area contributed by atoms with E-state index in [9.17, 15) is 0 Å². The Morgan fingerprint density at radius 2 is 0.786 bits per heavy atom. The maximum Gasteiger partial charge on any atom is 0.0836 e. The Balaban J connectivity index is 1.96. The second kappa shape index (κ2) is 20.2. The molecule has 2 atom stereocenters. The number of rotatable bonds is 20. The highest BCUT2D eigenvalue weighted by atomic mass is 16.5. The van der Waals surface area contributed by atoms with Gasteiger partial charge in [-0.05, 0) is 25.7 Å². The third-order valence-electron chi connectivity index (χ3n) is 6.30. The third kappa shape index (κ3) is 14.9. The van der Waals surface area contributed by atoms with Crippen molar-refractivity contribution in [2.45, 2.75) is 154 Å². The molecular weight excluding hydrogens is 344 g/mol. The van der Waals surface area contributed by atoms with Gasteiger partial charge in [-0.2, -0.15) is 0 Å². The Morgan fingerprint density at radius 3 is 1.14 bits per heavy atom. The van der Waals surface area contributed by atoms with Crippen LogP contribution in [0.25, 0.3) is 0 Å². The van der Waals surface area contributed by atoms with Crippen LogP contribution >= 0.6 is 0 Å². The lowest BCUT2D eigenvalue weighted by Gasteiger charge is -2.31. The summed E-state index contributed by atoms with van der Waals surface area (Å²) in [7, 11) is 0. The van der Waals surface area contributed by atoms with E-state index in [1.54, 1.807) is 0 Å². The van der Waals surface area contributed by atoms with E-state index < -0.39 is 0 Å². The van der Waals surface area contributed by atoms with Crippen LogP contribution in [-0.4, -0.2) is 25.4 Å². The first-order chi connectivity index (χ1) is 13.9. The van der Waals surface area contributed by atoms with Crippen molar-refractivity contribution in [1.82, 2.24) is 0 Å². The van der Waals surface area contributed by atoms with Crippen LogP contribution in [0.2, 0.25) is 0 Å². The van der Waals surface area contributed by atoms with Crippen molar-refractivity contribution < 1.29 is 9.47 Å². The molecule has 1 aliphatic rings. The molecule has 0 aromatic rings. The molecule has 168 valence electrons. The summed E-state index contributed by atoms with van der Waals surface area (Å²) < 4.78 is 12.5. The summed E-state index contributed by atoms with van der Waals surface area (Å²) in [6.07, 6.45) is 27.7. The molecule has 0 aromatic carbocycles. The highest BCUT2D eigenvalue weighted by molar-refractivity contribution is 4.76. The van der Waals surface area contributed by atoms with E-state index in [-0.39, 0.29) is 0 Å². The Morgan fingerprint density at radius 1 is 0.464 bits per heavy atom. The van der Waals surface area contributed by atoms with Crippen LogP contribution in [0.3, 0.4) is 0 Å². The van der Waals surface area contributed by atoms with Crippen molar-refractivity contribution in [1.29, 1.82) is 0 Å². The molecule has 2 heteroatoms. The van der Waals surface area contributed by atoms with E-state index >= 15 is 0 Å². The molecule has 0 spiro atoms. The Bertz CT molecular complexity index is 275. The van der Waals surface area contributed by atoms with Crippen LogP contribution in [0.15, 0.2) is 0 Å². The summed E-state index contributed by atoms with van der Waals surface area (Å²) in [6, 6.07) is 0. The van der Waals surface area contributed by atoms with Crippen LogP contribution in [0.5, 0.6) is 0 Å². The van der Waals surface area contributed by atoms with Crippen molar-refractivity contribution >= 4 is 0 Å². The monoisotopic (exact) mass is 396 g/mol. The first-order valence-electron chi connectivity index (χ1n) is 13.1. The largest absolute Gasteiger partial charge is 0.376 e. The Kier molecular flexibility index (Phi) is 18.7. The third-order valence-corrected chi connectivity index (χ3v) is 6.30. The number of unbranched alkanes of at least 4 members (excludes halogenated alkanes) is 14. The Labute approximate surface area is 177 Å². The molecular formula is C26H52O2. The van der Waals surface area contributed by atoms with E-state index in [2.05, 4.69) is 13.8 Å². The first kappa shape index (κ1) is 26.0. The standard InChI is InChI=1S/C26H52O2/c1-3-5-7-9-11-13-15-19-23-27-25-21-17-18-22-26(25)28-24-20-16-14-12-10-8-6-4-2/h25-26H,3-24H2,1-2H3. The average molecular weight is 397 g/mol. The van der Waals surface area contributed by atoms with Gasteiger partial charge in [0, 0.05) is 13.2 Å². The maximum absolute atomic E-state index is 6.25. The lowest BCUT2D eigenvalue weighted by molar-refractivity contribution is -0.0934. The van der Waals surface area contributed by atoms with Crippen LogP contribution in [0.1, 0.15) is 142 Å². The lowest BCUT2D eigenvalue weighted by Crippen LogP contribution is -2.35. The quantitative estimate of drug-likeness (QED) is 0.192. The molecule has 0 bridgehead atoms. The SMILES string of the molecule is CCCCCCCCCCOC1CCCCC1OCCCCCCCCCC. The van der Waals surface area contributed by atoms with Crippen LogP contribution < -0.4 is 0 Å². The van der Waals surface area contributed by atoms with Crippen LogP contribution in [0, 0.1) is 0 Å². The molecule has 28 heavy (non-hydrogen) atoms. The number of hydrogen-bond acceptors (Lipinski definition) is 2. The van der Waals surface area contributed by atoms with Crippen molar-refractivity contribution in [3.63, 3.8) is 0 Å². The molecule has 0 radical (unpaired) electrons. The second-order valence-corrected chi connectivity index (χ2v) is 9.05. The second-order valence-electron chi connectivity index (χ2n) is 9.05. The molecule has 0 aromatic heterocycles. The van der Waals surface area contributed by atoms with Crippen molar-refractivity contribution in [2.24, 2.45) is 0 Å². The molecule has 2 unspecified atom stereocenters. The van der Waals surface area contributed by atoms with Gasteiger partial charge in [-0.3, -0.25) is 0 Å². The van der Waals surface area contributed by atoms with E-state index in [1.807, 2.05) is 0 Å². The van der Waals surface area contributed by atoms with Gasteiger partial charge < -0.3 is 9.47 Å². The summed E-state index contributed by atoms with van der Waals surface area (Å²) >= 11 is 0. The summed E-state index contributed by atoms with van der Waals surface area (Å²) in [5.74, 6) is 0. The van der Waals surface area contributed by atoms with Crippen LogP contribution in [-0.2, 0) is 9.47 Å². The van der Waals surface area contributed by atoms with Gasteiger partial charge in [-0.15, -0.1) is 0 Å². The fourth-order valence-electron chi connectivity index (χ4n) is 4.39. The van der Waals surface area contributed by atoms with E-state index in [0.29, 0.717) is 12.2 Å². The molecule has 1 rings (SSSR count). The number of ether oxygens (including phenoxy) is 2. The van der Waals surface area contributed by atoms with Gasteiger partial charge in [0.2, 0.25) is 0 Å². The van der Waals surface area contributed by atoms with Gasteiger partial charge in [0.15, 0.2) is 0 Å². The van der Waals surface area contributed by atoms with Gasteiger partial charge in [-0.25, -0.2) is 0 Å². The molecule has 1 fully saturated rings. The smallest absolute Gasteiger partial charge is 0.0836 e. The van der Waals surface area contributed by atoms with Gasteiger partial charge in [0.25, 0.3) is 0 Å². The first-order valence-corrected chi connectivity index (χ1v) is 13.1. The molecule has 0 amide bonds. The topological polar surface area (TPSA) is 18.5 Å². The minimum absolute atomic E-state index is 0.368. The molecule has 0 saturated heterocycles. The number of hydrogen-bond donors (Lipinski definition) is 0. The van der Waals surface area contributed by atoms with Gasteiger partial charge in [-0.1, -0.05) is 117 Å². The van der Waals surface area contributed by atoms with Gasteiger partial charge >= 0.3 is 0 Å². The summed E-state index contributed by atoms with van der Waals surface area (Å²) in [6.45, 7) is 6.46. The van der Waals surface area contributed by atoms with Crippen molar-refractivity contribution in [2.75, 3.05) is 13.2 Å². The van der Waals surface area contributed by atoms with Crippen molar-refractivity contribution in [3.05, 3.63) is 0 Å². The van der Waals surface area contributed by atoms with E-state index in [1.165, 1.54) is 128 Å². The predicted octanol–water partition coefficient (Wildman–Crippen LogP) is 8.61. The Hall–Kier alpha value is -0.0800. The van der Waals surface area contributed by atoms with Gasteiger partial charge in [0.1, 0.15) is 0 Å². The molecule has 1 saturated carbocycles. The molecule has 0 heterocycles. The minimum Gasteiger partial charge on any atom is -0.376 e. The zero-order chi connectivity index (χ0) is 20.1. The summed E-state index contributed by atoms with van der Waals surface area (Å²) in [5, 5.41) is 0. The zero-order valence-electron chi connectivity index (χ0n) is 19.5. The predicted molar refractivity (Wildman–Crippen MR) is 123 cm³/mol. The van der Waals surface area contributed by atoms with E-state index in [0.717, 1.165) is 13.2 Å². The molecule has 1 aliphatic carbocycles. The lowest BCUT2D eigenvalue weighted by atomic mass is 9.94. The average Bonchev–Trinajstić information content (AvgIpc) is 2.72. The zero-order valence-corrected chi connectivity index (χ0v) is 19.5. The van der Waals surface area contributed by atoms with Crippen molar-refractivity contribution in [3.8, 4) is 0 Å².